The smallest absolute Gasteiger partial charge is 0.267 e. The molecule has 0 saturated carbocycles. The zero-order valence-corrected chi connectivity index (χ0v) is 16.2. The first-order valence-electron chi connectivity index (χ1n) is 9.11. The summed E-state index contributed by atoms with van der Waals surface area (Å²) in [4.78, 5) is 28.0. The summed E-state index contributed by atoms with van der Waals surface area (Å²) in [5.41, 5.74) is 3.33. The van der Waals surface area contributed by atoms with Crippen LogP contribution in [0.5, 0.6) is 0 Å². The second-order valence-corrected chi connectivity index (χ2v) is 6.99. The van der Waals surface area contributed by atoms with Crippen LogP contribution in [0.3, 0.4) is 0 Å². The van der Waals surface area contributed by atoms with Crippen LogP contribution in [0.1, 0.15) is 26.4 Å². The lowest BCUT2D eigenvalue weighted by Crippen LogP contribution is -2.22. The van der Waals surface area contributed by atoms with Crippen molar-refractivity contribution in [3.63, 3.8) is 0 Å². The molecule has 0 aliphatic heterocycles. The van der Waals surface area contributed by atoms with E-state index < -0.39 is 0 Å². The zero-order chi connectivity index (χ0) is 20.2. The number of aromatic nitrogens is 1. The van der Waals surface area contributed by atoms with Crippen LogP contribution in [0, 0.1) is 0 Å². The molecule has 0 saturated heterocycles. The molecule has 0 fully saturated rings. The summed E-state index contributed by atoms with van der Waals surface area (Å²) in [6.07, 6.45) is 0. The number of hydrogen-bond acceptors (Lipinski definition) is 2. The fraction of sp³-hybridized carbons (Fsp3) is 0.0435. The third kappa shape index (κ3) is 4.31. The van der Waals surface area contributed by atoms with E-state index >= 15 is 0 Å². The minimum atomic E-state index is -0.286. The maximum Gasteiger partial charge on any atom is 0.267 e. The van der Waals surface area contributed by atoms with E-state index in [1.54, 1.807) is 36.4 Å². The molecule has 3 aromatic carbocycles. The molecular weight excluding hydrogens is 386 g/mol. The van der Waals surface area contributed by atoms with Crippen LogP contribution in [-0.4, -0.2) is 16.8 Å². The fourth-order valence-electron chi connectivity index (χ4n) is 3.05. The minimum absolute atomic E-state index is 0.188. The highest BCUT2D eigenvalue weighted by atomic mass is 35.5. The van der Waals surface area contributed by atoms with Gasteiger partial charge in [-0.25, -0.2) is 0 Å². The third-order valence-electron chi connectivity index (χ3n) is 4.54. The van der Waals surface area contributed by atoms with Crippen molar-refractivity contribution >= 4 is 40.0 Å². The molecule has 3 N–H and O–H groups in total. The predicted molar refractivity (Wildman–Crippen MR) is 115 cm³/mol. The van der Waals surface area contributed by atoms with Gasteiger partial charge < -0.3 is 15.6 Å². The standard InChI is InChI=1S/C23H18ClN3O2/c24-19-9-5-4-8-18(19)22(28)26-17-10-11-20-16(12-17)13-21(27-20)23(29)25-14-15-6-2-1-3-7-15/h1-13,27H,14H2,(H,25,29)(H,26,28). The van der Waals surface area contributed by atoms with Crippen molar-refractivity contribution in [3.8, 4) is 0 Å². The molecule has 144 valence electrons. The van der Waals surface area contributed by atoms with Gasteiger partial charge in [-0.2, -0.15) is 0 Å². The number of aromatic amines is 1. The van der Waals surface area contributed by atoms with Gasteiger partial charge >= 0.3 is 0 Å². The van der Waals surface area contributed by atoms with Gasteiger partial charge in [0.25, 0.3) is 11.8 Å². The van der Waals surface area contributed by atoms with Crippen molar-refractivity contribution in [1.82, 2.24) is 10.3 Å². The van der Waals surface area contributed by atoms with E-state index in [1.807, 2.05) is 42.5 Å². The average molecular weight is 404 g/mol. The molecule has 0 spiro atoms. The van der Waals surface area contributed by atoms with Crippen LogP contribution in [0.4, 0.5) is 5.69 Å². The molecule has 1 heterocycles. The molecule has 0 atom stereocenters. The van der Waals surface area contributed by atoms with Crippen LogP contribution in [-0.2, 0) is 6.54 Å². The summed E-state index contributed by atoms with van der Waals surface area (Å²) in [7, 11) is 0. The second kappa shape index (κ2) is 8.20. The molecule has 5 nitrogen and oxygen atoms in total. The molecule has 1 aromatic heterocycles. The van der Waals surface area contributed by atoms with Crippen LogP contribution < -0.4 is 10.6 Å². The molecule has 0 aliphatic rings. The fourth-order valence-corrected chi connectivity index (χ4v) is 3.27. The van der Waals surface area contributed by atoms with Crippen molar-refractivity contribution in [1.29, 1.82) is 0 Å². The number of fused-ring (bicyclic) bond motifs is 1. The Labute approximate surface area is 172 Å². The summed E-state index contributed by atoms with van der Waals surface area (Å²) in [6.45, 7) is 0.453. The highest BCUT2D eigenvalue weighted by Gasteiger charge is 2.12. The number of amides is 2. The first kappa shape index (κ1) is 18.8. The number of carbonyl (C=O) groups is 2. The van der Waals surface area contributed by atoms with Crippen molar-refractivity contribution in [3.05, 3.63) is 101 Å². The van der Waals surface area contributed by atoms with Gasteiger partial charge in [0.15, 0.2) is 0 Å². The summed E-state index contributed by atoms with van der Waals surface area (Å²) in [6, 6.07) is 23.8. The van der Waals surface area contributed by atoms with Gasteiger partial charge in [-0.1, -0.05) is 54.1 Å². The SMILES string of the molecule is O=C(NCc1ccccc1)c1cc2cc(NC(=O)c3ccccc3Cl)ccc2[nH]1. The molecular formula is C23H18ClN3O2. The number of H-pyrrole nitrogens is 1. The van der Waals surface area contributed by atoms with E-state index in [4.69, 9.17) is 11.6 Å². The highest BCUT2D eigenvalue weighted by Crippen LogP contribution is 2.22. The lowest BCUT2D eigenvalue weighted by atomic mass is 10.2. The van der Waals surface area contributed by atoms with E-state index in [0.29, 0.717) is 28.5 Å². The van der Waals surface area contributed by atoms with Gasteiger partial charge in [-0.15, -0.1) is 0 Å². The normalized spacial score (nSPS) is 10.7. The number of halogens is 1. The maximum atomic E-state index is 12.4. The Bertz CT molecular complexity index is 1190. The Hall–Kier alpha value is -3.57. The zero-order valence-electron chi connectivity index (χ0n) is 15.4. The summed E-state index contributed by atoms with van der Waals surface area (Å²) in [5.74, 6) is -0.474. The largest absolute Gasteiger partial charge is 0.351 e. The van der Waals surface area contributed by atoms with E-state index in [-0.39, 0.29) is 11.8 Å². The number of benzene rings is 3. The molecule has 0 unspecified atom stereocenters. The topological polar surface area (TPSA) is 74.0 Å². The quantitative estimate of drug-likeness (QED) is 0.438. The third-order valence-corrected chi connectivity index (χ3v) is 4.87. The van der Waals surface area contributed by atoms with Crippen LogP contribution in [0.15, 0.2) is 78.9 Å². The van der Waals surface area contributed by atoms with E-state index in [1.165, 1.54) is 0 Å². The maximum absolute atomic E-state index is 12.4. The predicted octanol–water partition coefficient (Wildman–Crippen LogP) is 5.00. The highest BCUT2D eigenvalue weighted by molar-refractivity contribution is 6.34. The Morgan fingerprint density at radius 3 is 2.41 bits per heavy atom. The van der Waals surface area contributed by atoms with Gasteiger partial charge in [0.1, 0.15) is 5.69 Å². The van der Waals surface area contributed by atoms with Crippen molar-refractivity contribution in [2.45, 2.75) is 6.54 Å². The Kier molecular flexibility index (Phi) is 5.31. The van der Waals surface area contributed by atoms with Crippen molar-refractivity contribution in [2.24, 2.45) is 0 Å². The Morgan fingerprint density at radius 1 is 0.862 bits per heavy atom. The first-order chi connectivity index (χ1) is 14.1. The summed E-state index contributed by atoms with van der Waals surface area (Å²) < 4.78 is 0. The molecule has 6 heteroatoms. The lowest BCUT2D eigenvalue weighted by molar-refractivity contribution is 0.0946. The van der Waals surface area contributed by atoms with Crippen molar-refractivity contribution in [2.75, 3.05) is 5.32 Å². The van der Waals surface area contributed by atoms with Gasteiger partial charge in [0.2, 0.25) is 0 Å². The van der Waals surface area contributed by atoms with Crippen LogP contribution in [0.2, 0.25) is 5.02 Å². The first-order valence-corrected chi connectivity index (χ1v) is 9.49. The molecule has 0 bridgehead atoms. The van der Waals surface area contributed by atoms with E-state index in [0.717, 1.165) is 16.5 Å². The van der Waals surface area contributed by atoms with Gasteiger partial charge in [0.05, 0.1) is 10.6 Å². The molecule has 0 aliphatic carbocycles. The van der Waals surface area contributed by atoms with Crippen LogP contribution >= 0.6 is 11.6 Å². The number of rotatable bonds is 5. The van der Waals surface area contributed by atoms with Crippen molar-refractivity contribution < 1.29 is 9.59 Å². The van der Waals surface area contributed by atoms with Crippen LogP contribution in [0.25, 0.3) is 10.9 Å². The molecule has 29 heavy (non-hydrogen) atoms. The summed E-state index contributed by atoms with van der Waals surface area (Å²) in [5, 5.41) is 6.95. The average Bonchev–Trinajstić information content (AvgIpc) is 3.16. The van der Waals surface area contributed by atoms with Gasteiger partial charge in [-0.3, -0.25) is 9.59 Å². The van der Waals surface area contributed by atoms with Gasteiger partial charge in [-0.05, 0) is 42.0 Å². The molecule has 4 aromatic rings. The number of nitrogens with one attached hydrogen (secondary N) is 3. The van der Waals surface area contributed by atoms with E-state index in [2.05, 4.69) is 15.6 Å². The monoisotopic (exact) mass is 403 g/mol. The number of hydrogen-bond donors (Lipinski definition) is 3. The lowest BCUT2D eigenvalue weighted by Gasteiger charge is -2.06. The minimum Gasteiger partial charge on any atom is -0.351 e. The molecule has 0 radical (unpaired) electrons. The summed E-state index contributed by atoms with van der Waals surface area (Å²) >= 11 is 6.08. The Balaban J connectivity index is 1.48. The van der Waals surface area contributed by atoms with Gasteiger partial charge in [0, 0.05) is 23.1 Å². The molecule has 4 rings (SSSR count). The molecule has 2 amide bonds. The Morgan fingerprint density at radius 2 is 1.62 bits per heavy atom. The number of carbonyl (C=O) groups excluding carboxylic acids is 2. The second-order valence-electron chi connectivity index (χ2n) is 6.59. The number of anilines is 1. The van der Waals surface area contributed by atoms with E-state index in [9.17, 15) is 9.59 Å².